The highest BCUT2D eigenvalue weighted by Crippen LogP contribution is 2.24. The second-order valence-corrected chi connectivity index (χ2v) is 5.41. The molecular weight excluding hydrogens is 302 g/mol. The quantitative estimate of drug-likeness (QED) is 0.383. The van der Waals surface area contributed by atoms with Gasteiger partial charge in [0.1, 0.15) is 0 Å². The maximum Gasteiger partial charge on any atom is 0.0461 e. The Labute approximate surface area is 154 Å². The number of hydrogen-bond donors (Lipinski definition) is 0. The first-order valence-electron chi connectivity index (χ1n) is 8.40. The maximum atomic E-state index is 3.96. The molecule has 0 rings (SSSR count). The Morgan fingerprint density at radius 3 is 1.76 bits per heavy atom. The molecule has 132 valence electrons. The predicted octanol–water partition coefficient (Wildman–Crippen LogP) is 7.17. The van der Waals surface area contributed by atoms with Crippen LogP contribution in [-0.2, 0) is 0 Å². The van der Waals surface area contributed by atoms with Gasteiger partial charge in [-0.2, -0.15) is 0 Å². The van der Waals surface area contributed by atoms with Crippen LogP contribution in [0, 0.1) is 0 Å². The van der Waals surface area contributed by atoms with Gasteiger partial charge in [-0.3, -0.25) is 0 Å². The molecule has 0 radical (unpaired) electrons. The van der Waals surface area contributed by atoms with E-state index in [0.29, 0.717) is 0 Å². The van der Waals surface area contributed by atoms with Crippen LogP contribution in [0.2, 0.25) is 0 Å². The van der Waals surface area contributed by atoms with Crippen molar-refractivity contribution in [3.63, 3.8) is 0 Å². The molecule has 0 aromatic heterocycles. The van der Waals surface area contributed by atoms with Crippen LogP contribution >= 0.6 is 0 Å². The first kappa shape index (κ1) is 22.2. The van der Waals surface area contributed by atoms with Gasteiger partial charge < -0.3 is 4.90 Å². The largest absolute Gasteiger partial charge is 0.311 e. The molecule has 0 N–H and O–H groups in total. The molecule has 0 amide bonds. The molecule has 0 heterocycles. The molecule has 1 heteroatoms. The van der Waals surface area contributed by atoms with Crippen LogP contribution < -0.4 is 0 Å². The third-order valence-corrected chi connectivity index (χ3v) is 3.05. The van der Waals surface area contributed by atoms with Gasteiger partial charge >= 0.3 is 0 Å². The Morgan fingerprint density at radius 2 is 1.28 bits per heavy atom. The highest BCUT2D eigenvalue weighted by Gasteiger charge is 2.13. The molecule has 0 saturated heterocycles. The zero-order valence-electron chi connectivity index (χ0n) is 16.1. The van der Waals surface area contributed by atoms with Gasteiger partial charge in [-0.25, -0.2) is 0 Å². The Kier molecular flexibility index (Phi) is 12.1. The Balaban J connectivity index is 6.44. The molecule has 0 atom stereocenters. The molecule has 0 aliphatic heterocycles. The SMILES string of the molecule is C=C/C=C(\C=C)N(C(/C=C\C=C(C)C)=C/C=C)C(/C=C\C)=C/C=C\C. The molecule has 1 nitrogen and oxygen atoms in total. The summed E-state index contributed by atoms with van der Waals surface area (Å²) >= 11 is 0. The van der Waals surface area contributed by atoms with Crippen LogP contribution in [0.1, 0.15) is 27.7 Å². The van der Waals surface area contributed by atoms with E-state index in [4.69, 9.17) is 0 Å². The van der Waals surface area contributed by atoms with Crippen molar-refractivity contribution in [2.75, 3.05) is 0 Å². The van der Waals surface area contributed by atoms with E-state index in [9.17, 15) is 0 Å². The van der Waals surface area contributed by atoms with E-state index in [1.165, 1.54) is 5.57 Å². The lowest BCUT2D eigenvalue weighted by Crippen LogP contribution is -2.19. The summed E-state index contributed by atoms with van der Waals surface area (Å²) in [7, 11) is 0. The normalized spacial score (nSPS) is 13.5. The van der Waals surface area contributed by atoms with Crippen LogP contribution in [0.3, 0.4) is 0 Å². The number of nitrogens with zero attached hydrogens (tertiary/aromatic N) is 1. The van der Waals surface area contributed by atoms with Crippen molar-refractivity contribution in [1.82, 2.24) is 4.90 Å². The van der Waals surface area contributed by atoms with Crippen LogP contribution in [0.15, 0.2) is 121 Å². The zero-order valence-corrected chi connectivity index (χ0v) is 16.1. The molecule has 0 saturated carbocycles. The third kappa shape index (κ3) is 8.57. The highest BCUT2D eigenvalue weighted by atomic mass is 15.2. The van der Waals surface area contributed by atoms with Crippen molar-refractivity contribution in [2.45, 2.75) is 27.7 Å². The maximum absolute atomic E-state index is 3.96. The van der Waals surface area contributed by atoms with E-state index in [1.54, 1.807) is 12.2 Å². The molecular formula is C24H31N. The van der Waals surface area contributed by atoms with E-state index in [2.05, 4.69) is 62.8 Å². The molecule has 0 aromatic rings. The Hall–Kier alpha value is -2.80. The summed E-state index contributed by atoms with van der Waals surface area (Å²) in [6.45, 7) is 19.8. The van der Waals surface area contributed by atoms with Crippen LogP contribution in [0.4, 0.5) is 0 Å². The third-order valence-electron chi connectivity index (χ3n) is 3.05. The minimum atomic E-state index is 0.929. The average molecular weight is 334 g/mol. The van der Waals surface area contributed by atoms with E-state index < -0.39 is 0 Å². The number of hydrogen-bond acceptors (Lipinski definition) is 1. The summed E-state index contributed by atoms with van der Waals surface area (Å²) in [4.78, 5) is 2.12. The minimum absolute atomic E-state index is 0.929. The van der Waals surface area contributed by atoms with Crippen molar-refractivity contribution in [3.8, 4) is 0 Å². The topological polar surface area (TPSA) is 3.24 Å². The summed E-state index contributed by atoms with van der Waals surface area (Å²) < 4.78 is 0. The smallest absolute Gasteiger partial charge is 0.0461 e. The second-order valence-electron chi connectivity index (χ2n) is 5.41. The van der Waals surface area contributed by atoms with Gasteiger partial charge in [-0.05, 0) is 64.2 Å². The molecule has 0 aliphatic rings. The van der Waals surface area contributed by atoms with Crippen LogP contribution in [0.5, 0.6) is 0 Å². The predicted molar refractivity (Wildman–Crippen MR) is 115 cm³/mol. The van der Waals surface area contributed by atoms with Gasteiger partial charge in [0.25, 0.3) is 0 Å². The lowest BCUT2D eigenvalue weighted by atomic mass is 10.1. The summed E-state index contributed by atoms with van der Waals surface area (Å²) in [6, 6.07) is 0. The Morgan fingerprint density at radius 1 is 0.680 bits per heavy atom. The number of allylic oxidation sites excluding steroid dienone is 14. The molecule has 0 fully saturated rings. The fourth-order valence-corrected chi connectivity index (χ4v) is 2.04. The van der Waals surface area contributed by atoms with Gasteiger partial charge in [-0.15, -0.1) is 0 Å². The van der Waals surface area contributed by atoms with E-state index in [1.807, 2.05) is 56.4 Å². The standard InChI is InChI=1S/C24H31N/c1-8-13-19-23(16-10-3)25(22(12-5)15-9-2)24(17-11-4)20-14-18-21(6)7/h8-20H,2,4-5H2,1,3,6-7H3/b13-8-,16-10-,20-14-,22-15+,23-19+,24-17+. The highest BCUT2D eigenvalue weighted by molar-refractivity contribution is 5.41. The average Bonchev–Trinajstić information content (AvgIpc) is 2.58. The molecule has 0 aliphatic carbocycles. The van der Waals surface area contributed by atoms with Gasteiger partial charge in [0, 0.05) is 17.1 Å². The first-order valence-corrected chi connectivity index (χ1v) is 8.40. The lowest BCUT2D eigenvalue weighted by Gasteiger charge is -2.28. The lowest BCUT2D eigenvalue weighted by molar-refractivity contribution is 0.578. The van der Waals surface area contributed by atoms with Gasteiger partial charge in [-0.1, -0.05) is 67.8 Å². The monoisotopic (exact) mass is 333 g/mol. The first-order chi connectivity index (χ1) is 12.0. The molecule has 0 spiro atoms. The van der Waals surface area contributed by atoms with Crippen molar-refractivity contribution >= 4 is 0 Å². The molecule has 0 unspecified atom stereocenters. The summed E-state index contributed by atoms with van der Waals surface area (Å²) in [5.74, 6) is 0. The van der Waals surface area contributed by atoms with Crippen molar-refractivity contribution in [2.24, 2.45) is 0 Å². The molecule has 0 aromatic carbocycles. The van der Waals surface area contributed by atoms with E-state index in [-0.39, 0.29) is 0 Å². The molecule has 0 bridgehead atoms. The second kappa shape index (κ2) is 13.6. The van der Waals surface area contributed by atoms with E-state index in [0.717, 1.165) is 17.1 Å². The summed E-state index contributed by atoms with van der Waals surface area (Å²) in [5.41, 5.74) is 4.17. The zero-order chi connectivity index (χ0) is 19.1. The summed E-state index contributed by atoms with van der Waals surface area (Å²) in [6.07, 6.45) is 25.6. The van der Waals surface area contributed by atoms with E-state index >= 15 is 0 Å². The van der Waals surface area contributed by atoms with Crippen LogP contribution in [0.25, 0.3) is 0 Å². The van der Waals surface area contributed by atoms with Gasteiger partial charge in [0.15, 0.2) is 0 Å². The van der Waals surface area contributed by atoms with Crippen LogP contribution in [-0.4, -0.2) is 4.90 Å². The van der Waals surface area contributed by atoms with Gasteiger partial charge in [0.2, 0.25) is 0 Å². The minimum Gasteiger partial charge on any atom is -0.311 e. The summed E-state index contributed by atoms with van der Waals surface area (Å²) in [5, 5.41) is 0. The van der Waals surface area contributed by atoms with Crippen molar-refractivity contribution in [3.05, 3.63) is 121 Å². The fourth-order valence-electron chi connectivity index (χ4n) is 2.04. The molecule has 25 heavy (non-hydrogen) atoms. The Bertz CT molecular complexity index is 654. The number of rotatable bonds is 10. The fraction of sp³-hybridized carbons (Fsp3) is 0.167. The van der Waals surface area contributed by atoms with Crippen molar-refractivity contribution < 1.29 is 0 Å². The van der Waals surface area contributed by atoms with Crippen molar-refractivity contribution in [1.29, 1.82) is 0 Å². The van der Waals surface area contributed by atoms with Gasteiger partial charge in [0.05, 0.1) is 0 Å².